The van der Waals surface area contributed by atoms with Gasteiger partial charge in [0.05, 0.1) is 17.8 Å². The van der Waals surface area contributed by atoms with Crippen LogP contribution in [0, 0.1) is 11.8 Å². The van der Waals surface area contributed by atoms with Gasteiger partial charge in [-0.2, -0.15) is 0 Å². The number of aromatic nitrogens is 1. The van der Waals surface area contributed by atoms with Gasteiger partial charge in [-0.3, -0.25) is 0 Å². The van der Waals surface area contributed by atoms with Gasteiger partial charge in [0, 0.05) is 18.5 Å². The van der Waals surface area contributed by atoms with Crippen LogP contribution in [-0.4, -0.2) is 25.2 Å². The Labute approximate surface area is 132 Å². The van der Waals surface area contributed by atoms with Crippen LogP contribution in [-0.2, 0) is 23.1 Å². The molecule has 1 fully saturated rings. The van der Waals surface area contributed by atoms with Crippen LogP contribution in [0.4, 0.5) is 0 Å². The number of rotatable bonds is 5. The van der Waals surface area contributed by atoms with Gasteiger partial charge in [0.25, 0.3) is 0 Å². The summed E-state index contributed by atoms with van der Waals surface area (Å²) < 4.78 is 5.25. The van der Waals surface area contributed by atoms with E-state index in [2.05, 4.69) is 19.2 Å². The second-order valence-electron chi connectivity index (χ2n) is 7.10. The van der Waals surface area contributed by atoms with Crippen molar-refractivity contribution in [2.45, 2.75) is 57.9 Å². The fourth-order valence-corrected chi connectivity index (χ4v) is 5.64. The minimum atomic E-state index is 0.0879. The van der Waals surface area contributed by atoms with Crippen LogP contribution in [0.15, 0.2) is 0 Å². The Morgan fingerprint density at radius 1 is 1.29 bits per heavy atom. The Kier molecular flexibility index (Phi) is 4.67. The minimum absolute atomic E-state index is 0.0879. The SMILES string of the molecule is COCCNC1(c2nc3c(s2)CCC3)CC(C)CC(C)C1. The lowest BCUT2D eigenvalue weighted by atomic mass is 9.72. The predicted octanol–water partition coefficient (Wildman–Crippen LogP) is 3.52. The molecule has 0 radical (unpaired) electrons. The number of hydrogen-bond donors (Lipinski definition) is 1. The molecule has 0 saturated heterocycles. The monoisotopic (exact) mass is 308 g/mol. The molecule has 0 spiro atoms. The maximum absolute atomic E-state index is 5.25. The third-order valence-corrected chi connectivity index (χ3v) is 6.33. The van der Waals surface area contributed by atoms with Gasteiger partial charge in [-0.05, 0) is 50.4 Å². The van der Waals surface area contributed by atoms with Crippen molar-refractivity contribution in [3.8, 4) is 0 Å². The van der Waals surface area contributed by atoms with Crippen LogP contribution in [0.25, 0.3) is 0 Å². The van der Waals surface area contributed by atoms with Gasteiger partial charge < -0.3 is 10.1 Å². The lowest BCUT2D eigenvalue weighted by Crippen LogP contribution is -2.48. The van der Waals surface area contributed by atoms with Crippen molar-refractivity contribution in [2.24, 2.45) is 11.8 Å². The molecule has 0 aromatic carbocycles. The Morgan fingerprint density at radius 3 is 2.71 bits per heavy atom. The van der Waals surface area contributed by atoms with Crippen molar-refractivity contribution in [3.63, 3.8) is 0 Å². The Hall–Kier alpha value is -0.450. The molecule has 1 aromatic rings. The third kappa shape index (κ3) is 3.17. The topological polar surface area (TPSA) is 34.1 Å². The van der Waals surface area contributed by atoms with Gasteiger partial charge in [-0.25, -0.2) is 4.98 Å². The molecule has 4 heteroatoms. The zero-order chi connectivity index (χ0) is 14.9. The molecule has 1 N–H and O–H groups in total. The van der Waals surface area contributed by atoms with E-state index < -0.39 is 0 Å². The summed E-state index contributed by atoms with van der Waals surface area (Å²) >= 11 is 1.98. The number of thiazole rings is 1. The highest BCUT2D eigenvalue weighted by Crippen LogP contribution is 2.45. The normalized spacial score (nSPS) is 32.3. The minimum Gasteiger partial charge on any atom is -0.383 e. The molecule has 2 aliphatic carbocycles. The zero-order valence-electron chi connectivity index (χ0n) is 13.6. The first-order chi connectivity index (χ1) is 10.1. The van der Waals surface area contributed by atoms with Crippen LogP contribution in [0.2, 0.25) is 0 Å². The summed E-state index contributed by atoms with van der Waals surface area (Å²) in [5, 5.41) is 5.17. The summed E-state index contributed by atoms with van der Waals surface area (Å²) in [5.74, 6) is 1.53. The van der Waals surface area contributed by atoms with Crippen molar-refractivity contribution in [1.82, 2.24) is 10.3 Å². The maximum atomic E-state index is 5.25. The summed E-state index contributed by atoms with van der Waals surface area (Å²) in [6.45, 7) is 6.48. The summed E-state index contributed by atoms with van der Waals surface area (Å²) in [4.78, 5) is 6.59. The first-order valence-electron chi connectivity index (χ1n) is 8.36. The van der Waals surface area contributed by atoms with Crippen LogP contribution in [0.1, 0.15) is 55.1 Å². The van der Waals surface area contributed by atoms with Crippen molar-refractivity contribution < 1.29 is 4.74 Å². The first-order valence-corrected chi connectivity index (χ1v) is 9.17. The molecule has 3 nitrogen and oxygen atoms in total. The molecule has 3 rings (SSSR count). The molecule has 21 heavy (non-hydrogen) atoms. The molecule has 2 aliphatic rings. The lowest BCUT2D eigenvalue weighted by molar-refractivity contribution is 0.123. The smallest absolute Gasteiger partial charge is 0.113 e. The first kappa shape index (κ1) is 15.4. The van der Waals surface area contributed by atoms with Crippen LogP contribution in [0.5, 0.6) is 0 Å². The molecule has 1 saturated carbocycles. The molecular formula is C17H28N2OS. The van der Waals surface area contributed by atoms with E-state index in [-0.39, 0.29) is 5.54 Å². The number of nitrogens with zero attached hydrogens (tertiary/aromatic N) is 1. The second-order valence-corrected chi connectivity index (χ2v) is 8.18. The number of ether oxygens (including phenoxy) is 1. The fraction of sp³-hybridized carbons (Fsp3) is 0.824. The average Bonchev–Trinajstić information content (AvgIpc) is 2.98. The van der Waals surface area contributed by atoms with E-state index in [1.165, 1.54) is 49.2 Å². The van der Waals surface area contributed by atoms with E-state index in [4.69, 9.17) is 9.72 Å². The van der Waals surface area contributed by atoms with Gasteiger partial charge in [0.15, 0.2) is 0 Å². The molecule has 1 aromatic heterocycles. The average molecular weight is 308 g/mol. The number of nitrogens with one attached hydrogen (secondary N) is 1. The van der Waals surface area contributed by atoms with Gasteiger partial charge in [-0.1, -0.05) is 13.8 Å². The Balaban J connectivity index is 1.86. The Bertz CT molecular complexity index is 454. The number of fused-ring (bicyclic) bond motifs is 1. The van der Waals surface area contributed by atoms with Crippen LogP contribution >= 0.6 is 11.3 Å². The van der Waals surface area contributed by atoms with Crippen molar-refractivity contribution in [1.29, 1.82) is 0 Å². The van der Waals surface area contributed by atoms with Crippen LogP contribution < -0.4 is 5.32 Å². The lowest BCUT2D eigenvalue weighted by Gasteiger charge is -2.42. The molecule has 2 atom stereocenters. The number of methoxy groups -OCH3 is 1. The molecule has 1 heterocycles. The van der Waals surface area contributed by atoms with E-state index in [1.807, 2.05) is 11.3 Å². The van der Waals surface area contributed by atoms with Gasteiger partial charge >= 0.3 is 0 Å². The molecule has 0 amide bonds. The zero-order valence-corrected chi connectivity index (χ0v) is 14.4. The van der Waals surface area contributed by atoms with Crippen molar-refractivity contribution in [2.75, 3.05) is 20.3 Å². The van der Waals surface area contributed by atoms with Gasteiger partial charge in [-0.15, -0.1) is 11.3 Å². The van der Waals surface area contributed by atoms with E-state index >= 15 is 0 Å². The van der Waals surface area contributed by atoms with E-state index in [0.29, 0.717) is 0 Å². The molecule has 0 aliphatic heterocycles. The quantitative estimate of drug-likeness (QED) is 0.845. The Morgan fingerprint density at radius 2 is 2.05 bits per heavy atom. The molecule has 0 bridgehead atoms. The molecule has 118 valence electrons. The highest BCUT2D eigenvalue weighted by atomic mass is 32.1. The second kappa shape index (κ2) is 6.35. The third-order valence-electron chi connectivity index (χ3n) is 4.97. The van der Waals surface area contributed by atoms with E-state index in [1.54, 1.807) is 12.0 Å². The van der Waals surface area contributed by atoms with Gasteiger partial charge in [0.1, 0.15) is 5.01 Å². The van der Waals surface area contributed by atoms with E-state index in [9.17, 15) is 0 Å². The summed E-state index contributed by atoms with van der Waals surface area (Å²) in [6.07, 6.45) is 7.50. The maximum Gasteiger partial charge on any atom is 0.113 e. The summed E-state index contributed by atoms with van der Waals surface area (Å²) in [6, 6.07) is 0. The van der Waals surface area contributed by atoms with Crippen molar-refractivity contribution in [3.05, 3.63) is 15.6 Å². The van der Waals surface area contributed by atoms with Gasteiger partial charge in [0.2, 0.25) is 0 Å². The molecule has 2 unspecified atom stereocenters. The van der Waals surface area contributed by atoms with Crippen molar-refractivity contribution >= 4 is 11.3 Å². The van der Waals surface area contributed by atoms with E-state index in [0.717, 1.165) is 25.0 Å². The highest BCUT2D eigenvalue weighted by Gasteiger charge is 2.42. The standard InChI is InChI=1S/C17H28N2OS/c1-12-9-13(2)11-17(10-12,18-7-8-20-3)16-19-14-5-4-6-15(14)21-16/h12-13,18H,4-11H2,1-3H3. The fourth-order valence-electron chi connectivity index (χ4n) is 4.31. The highest BCUT2D eigenvalue weighted by molar-refractivity contribution is 7.12. The summed E-state index contributed by atoms with van der Waals surface area (Å²) in [5.41, 5.74) is 1.47. The predicted molar refractivity (Wildman–Crippen MR) is 87.9 cm³/mol. The molecular weight excluding hydrogens is 280 g/mol. The van der Waals surface area contributed by atoms with Crippen LogP contribution in [0.3, 0.4) is 0 Å². The largest absolute Gasteiger partial charge is 0.383 e. The number of aryl methyl sites for hydroxylation is 2. The number of hydrogen-bond acceptors (Lipinski definition) is 4. The summed E-state index contributed by atoms with van der Waals surface area (Å²) in [7, 11) is 1.78.